The Kier molecular flexibility index (Phi) is 5.73. The molecule has 2 N–H and O–H groups in total. The normalized spacial score (nSPS) is 12.0. The van der Waals surface area contributed by atoms with Gasteiger partial charge in [-0.25, -0.2) is 9.59 Å². The summed E-state index contributed by atoms with van der Waals surface area (Å²) in [6.45, 7) is 8.39. The maximum atomic E-state index is 12.2. The first-order chi connectivity index (χ1) is 10.2. The van der Waals surface area contributed by atoms with Crippen LogP contribution < -0.4 is 5.32 Å². The number of aromatic amines is 1. The molecular formula is C15H22N2O5. The number of amides is 1. The largest absolute Gasteiger partial charge is 0.465 e. The number of aromatic nitrogens is 1. The summed E-state index contributed by atoms with van der Waals surface area (Å²) < 4.78 is 9.81. The standard InChI is InChI=1S/C15H22N2O5/c1-7(2)16-13(18)10(5)22-15(20)12-8(3)11(9(4)17-12)14(19)21-6/h7,10,17H,1-6H3,(H,16,18)/t10-/m1/s1. The van der Waals surface area contributed by atoms with E-state index in [9.17, 15) is 14.4 Å². The van der Waals surface area contributed by atoms with E-state index in [4.69, 9.17) is 4.74 Å². The van der Waals surface area contributed by atoms with Crippen LogP contribution in [-0.4, -0.2) is 42.1 Å². The van der Waals surface area contributed by atoms with E-state index in [1.54, 1.807) is 13.8 Å². The molecule has 1 heterocycles. The highest BCUT2D eigenvalue weighted by molar-refractivity contribution is 5.99. The predicted molar refractivity (Wildman–Crippen MR) is 79.8 cm³/mol. The number of methoxy groups -OCH3 is 1. The summed E-state index contributed by atoms with van der Waals surface area (Å²) >= 11 is 0. The molecule has 1 atom stereocenters. The van der Waals surface area contributed by atoms with Gasteiger partial charge in [-0.1, -0.05) is 0 Å². The molecule has 0 aliphatic heterocycles. The quantitative estimate of drug-likeness (QED) is 0.803. The van der Waals surface area contributed by atoms with Gasteiger partial charge < -0.3 is 19.8 Å². The lowest BCUT2D eigenvalue weighted by atomic mass is 10.1. The van der Waals surface area contributed by atoms with Crippen molar-refractivity contribution < 1.29 is 23.9 Å². The first kappa shape index (κ1) is 17.7. The maximum absolute atomic E-state index is 12.2. The van der Waals surface area contributed by atoms with Crippen LogP contribution in [-0.2, 0) is 14.3 Å². The van der Waals surface area contributed by atoms with Crippen LogP contribution in [0.1, 0.15) is 52.9 Å². The van der Waals surface area contributed by atoms with E-state index in [0.717, 1.165) is 0 Å². The van der Waals surface area contributed by atoms with Crippen molar-refractivity contribution in [2.24, 2.45) is 0 Å². The Hall–Kier alpha value is -2.31. The monoisotopic (exact) mass is 310 g/mol. The maximum Gasteiger partial charge on any atom is 0.355 e. The molecule has 1 aromatic heterocycles. The summed E-state index contributed by atoms with van der Waals surface area (Å²) in [6.07, 6.45) is -0.931. The van der Waals surface area contributed by atoms with Gasteiger partial charge in [-0.15, -0.1) is 0 Å². The molecule has 0 unspecified atom stereocenters. The van der Waals surface area contributed by atoms with Gasteiger partial charge in [-0.3, -0.25) is 4.79 Å². The Bertz CT molecular complexity index is 589. The van der Waals surface area contributed by atoms with E-state index in [1.807, 2.05) is 13.8 Å². The number of esters is 2. The number of ether oxygens (including phenoxy) is 2. The minimum absolute atomic E-state index is 0.0472. The number of H-pyrrole nitrogens is 1. The summed E-state index contributed by atoms with van der Waals surface area (Å²) in [5.74, 6) is -1.60. The van der Waals surface area contributed by atoms with Gasteiger partial charge >= 0.3 is 11.9 Å². The third kappa shape index (κ3) is 3.87. The lowest BCUT2D eigenvalue weighted by Crippen LogP contribution is -2.39. The minimum atomic E-state index is -0.931. The fourth-order valence-corrected chi connectivity index (χ4v) is 2.04. The van der Waals surface area contributed by atoms with Gasteiger partial charge in [0.1, 0.15) is 5.69 Å². The van der Waals surface area contributed by atoms with Gasteiger partial charge in [0, 0.05) is 11.7 Å². The van der Waals surface area contributed by atoms with Crippen LogP contribution >= 0.6 is 0 Å². The van der Waals surface area contributed by atoms with E-state index in [0.29, 0.717) is 16.8 Å². The van der Waals surface area contributed by atoms with E-state index < -0.39 is 18.0 Å². The molecule has 0 aromatic carbocycles. The number of carbonyl (C=O) groups is 3. The molecule has 1 aromatic rings. The SMILES string of the molecule is COC(=O)c1c(C)[nH]c(C(=O)O[C@H](C)C(=O)NC(C)C)c1C. The second-order valence-electron chi connectivity index (χ2n) is 5.33. The Morgan fingerprint density at radius 3 is 2.18 bits per heavy atom. The second kappa shape index (κ2) is 7.11. The Balaban J connectivity index is 2.91. The lowest BCUT2D eigenvalue weighted by Gasteiger charge is -2.15. The van der Waals surface area contributed by atoms with Crippen LogP contribution in [0.2, 0.25) is 0 Å². The van der Waals surface area contributed by atoms with Crippen molar-refractivity contribution in [3.63, 3.8) is 0 Å². The highest BCUT2D eigenvalue weighted by Gasteiger charge is 2.26. The van der Waals surface area contributed by atoms with E-state index in [-0.39, 0.29) is 17.6 Å². The number of hydrogen-bond acceptors (Lipinski definition) is 5. The van der Waals surface area contributed by atoms with Crippen molar-refractivity contribution >= 4 is 17.8 Å². The van der Waals surface area contributed by atoms with Crippen LogP contribution in [0.5, 0.6) is 0 Å². The Morgan fingerprint density at radius 1 is 1.09 bits per heavy atom. The fraction of sp³-hybridized carbons (Fsp3) is 0.533. The number of carbonyl (C=O) groups excluding carboxylic acids is 3. The number of nitrogens with one attached hydrogen (secondary N) is 2. The zero-order valence-electron chi connectivity index (χ0n) is 13.7. The van der Waals surface area contributed by atoms with E-state index in [1.165, 1.54) is 14.0 Å². The van der Waals surface area contributed by atoms with Gasteiger partial charge in [-0.2, -0.15) is 0 Å². The average Bonchev–Trinajstić information content (AvgIpc) is 2.72. The molecule has 22 heavy (non-hydrogen) atoms. The first-order valence-electron chi connectivity index (χ1n) is 6.97. The van der Waals surface area contributed by atoms with Crippen LogP contribution in [0.25, 0.3) is 0 Å². The summed E-state index contributed by atoms with van der Waals surface area (Å²) in [6, 6.07) is -0.0472. The first-order valence-corrected chi connectivity index (χ1v) is 6.97. The number of aryl methyl sites for hydroxylation is 1. The number of hydrogen-bond donors (Lipinski definition) is 2. The van der Waals surface area contributed by atoms with Crippen molar-refractivity contribution in [3.8, 4) is 0 Å². The molecule has 122 valence electrons. The van der Waals surface area contributed by atoms with E-state index in [2.05, 4.69) is 15.0 Å². The van der Waals surface area contributed by atoms with Crippen molar-refractivity contribution in [1.82, 2.24) is 10.3 Å². The summed E-state index contributed by atoms with van der Waals surface area (Å²) in [7, 11) is 1.27. The van der Waals surface area contributed by atoms with Gasteiger partial charge in [-0.05, 0) is 40.2 Å². The zero-order valence-corrected chi connectivity index (χ0v) is 13.7. The molecule has 0 saturated carbocycles. The van der Waals surface area contributed by atoms with Gasteiger partial charge in [0.05, 0.1) is 12.7 Å². The summed E-state index contributed by atoms with van der Waals surface area (Å²) in [5.41, 5.74) is 1.39. The van der Waals surface area contributed by atoms with Crippen LogP contribution in [0.4, 0.5) is 0 Å². The smallest absolute Gasteiger partial charge is 0.355 e. The molecule has 7 nitrogen and oxygen atoms in total. The molecule has 0 aliphatic rings. The highest BCUT2D eigenvalue weighted by atomic mass is 16.5. The average molecular weight is 310 g/mol. The van der Waals surface area contributed by atoms with Crippen molar-refractivity contribution in [2.45, 2.75) is 46.8 Å². The topological polar surface area (TPSA) is 97.5 Å². The van der Waals surface area contributed by atoms with Gasteiger partial charge in [0.25, 0.3) is 5.91 Å². The van der Waals surface area contributed by atoms with Crippen LogP contribution in [0.3, 0.4) is 0 Å². The van der Waals surface area contributed by atoms with Gasteiger partial charge in [0.2, 0.25) is 0 Å². The lowest BCUT2D eigenvalue weighted by molar-refractivity contribution is -0.129. The zero-order chi connectivity index (χ0) is 17.0. The highest BCUT2D eigenvalue weighted by Crippen LogP contribution is 2.20. The van der Waals surface area contributed by atoms with E-state index >= 15 is 0 Å². The molecule has 7 heteroatoms. The second-order valence-corrected chi connectivity index (χ2v) is 5.33. The van der Waals surface area contributed by atoms with Crippen molar-refractivity contribution in [2.75, 3.05) is 7.11 Å². The minimum Gasteiger partial charge on any atom is -0.465 e. The third-order valence-corrected chi connectivity index (χ3v) is 3.12. The molecule has 1 amide bonds. The van der Waals surface area contributed by atoms with Crippen LogP contribution in [0, 0.1) is 13.8 Å². The Labute approximate surface area is 129 Å². The molecule has 0 bridgehead atoms. The Morgan fingerprint density at radius 2 is 1.68 bits per heavy atom. The number of rotatable bonds is 5. The van der Waals surface area contributed by atoms with Crippen molar-refractivity contribution in [1.29, 1.82) is 0 Å². The summed E-state index contributed by atoms with van der Waals surface area (Å²) in [5, 5.41) is 2.66. The molecule has 0 radical (unpaired) electrons. The predicted octanol–water partition coefficient (Wildman–Crippen LogP) is 1.49. The molecule has 0 saturated heterocycles. The van der Waals surface area contributed by atoms with Crippen LogP contribution in [0.15, 0.2) is 0 Å². The fourth-order valence-electron chi connectivity index (χ4n) is 2.04. The molecule has 0 spiro atoms. The third-order valence-electron chi connectivity index (χ3n) is 3.12. The van der Waals surface area contributed by atoms with Crippen molar-refractivity contribution in [3.05, 3.63) is 22.5 Å². The molecule has 0 aliphatic carbocycles. The summed E-state index contributed by atoms with van der Waals surface area (Å²) in [4.78, 5) is 38.4. The molecule has 0 fully saturated rings. The van der Waals surface area contributed by atoms with Gasteiger partial charge in [0.15, 0.2) is 6.10 Å². The molecular weight excluding hydrogens is 288 g/mol. The molecule has 1 rings (SSSR count).